The van der Waals surface area contributed by atoms with Crippen molar-refractivity contribution in [2.45, 2.75) is 45.1 Å². The van der Waals surface area contributed by atoms with Crippen LogP contribution in [0.15, 0.2) is 30.3 Å². The Balaban J connectivity index is 1.74. The molecule has 1 fully saturated rings. The lowest BCUT2D eigenvalue weighted by molar-refractivity contribution is 0.244. The van der Waals surface area contributed by atoms with Crippen molar-refractivity contribution < 1.29 is 4.79 Å². The van der Waals surface area contributed by atoms with Gasteiger partial charge in [0.2, 0.25) is 0 Å². The van der Waals surface area contributed by atoms with Crippen molar-refractivity contribution in [2.24, 2.45) is 0 Å². The smallest absolute Gasteiger partial charge is 0.319 e. The molecule has 110 valence electrons. The van der Waals surface area contributed by atoms with Gasteiger partial charge in [-0.2, -0.15) is 0 Å². The molecule has 2 N–H and O–H groups in total. The van der Waals surface area contributed by atoms with Gasteiger partial charge in [0.1, 0.15) is 0 Å². The fourth-order valence-electron chi connectivity index (χ4n) is 2.94. The number of urea groups is 1. The van der Waals surface area contributed by atoms with E-state index in [0.29, 0.717) is 6.04 Å². The van der Waals surface area contributed by atoms with Crippen molar-refractivity contribution in [1.82, 2.24) is 10.3 Å². The minimum atomic E-state index is -0.127. The van der Waals surface area contributed by atoms with Crippen LogP contribution >= 0.6 is 0 Å². The highest BCUT2D eigenvalue weighted by atomic mass is 16.2. The number of benzene rings is 1. The van der Waals surface area contributed by atoms with Gasteiger partial charge in [-0.1, -0.05) is 37.5 Å². The van der Waals surface area contributed by atoms with Crippen LogP contribution in [0.5, 0.6) is 0 Å². The van der Waals surface area contributed by atoms with Crippen molar-refractivity contribution in [2.75, 3.05) is 5.32 Å². The van der Waals surface area contributed by atoms with E-state index in [0.717, 1.165) is 35.1 Å². The number of rotatable bonds is 2. The third kappa shape index (κ3) is 3.32. The highest BCUT2D eigenvalue weighted by molar-refractivity contribution is 5.99. The third-order valence-electron chi connectivity index (χ3n) is 4.05. The van der Waals surface area contributed by atoms with Gasteiger partial charge < -0.3 is 10.6 Å². The van der Waals surface area contributed by atoms with Gasteiger partial charge in [0.15, 0.2) is 0 Å². The van der Waals surface area contributed by atoms with E-state index in [2.05, 4.69) is 15.6 Å². The number of carbonyl (C=O) groups excluding carboxylic acids is 1. The molecule has 1 saturated carbocycles. The van der Waals surface area contributed by atoms with Gasteiger partial charge in [0.05, 0.1) is 11.2 Å². The standard InChI is InChI=1S/C17H21N3O/c1-12-10-11-13-6-5-9-15(16(13)18-12)20-17(21)19-14-7-3-2-4-8-14/h5-6,9-11,14H,2-4,7-8H2,1H3,(H2,19,20,21). The lowest BCUT2D eigenvalue weighted by atomic mass is 9.96. The summed E-state index contributed by atoms with van der Waals surface area (Å²) in [6, 6.07) is 10.0. The monoisotopic (exact) mass is 283 g/mol. The number of carbonyl (C=O) groups is 1. The number of pyridine rings is 1. The Morgan fingerprint density at radius 3 is 2.76 bits per heavy atom. The summed E-state index contributed by atoms with van der Waals surface area (Å²) in [5, 5.41) is 7.05. The summed E-state index contributed by atoms with van der Waals surface area (Å²) in [6.07, 6.45) is 5.87. The topological polar surface area (TPSA) is 54.0 Å². The van der Waals surface area contributed by atoms with Crippen molar-refractivity contribution in [1.29, 1.82) is 0 Å². The van der Waals surface area contributed by atoms with Crippen LogP contribution in [0.25, 0.3) is 10.9 Å². The van der Waals surface area contributed by atoms with E-state index in [1.807, 2.05) is 37.3 Å². The second kappa shape index (κ2) is 6.12. The number of aromatic nitrogens is 1. The molecule has 1 aliphatic carbocycles. The van der Waals surface area contributed by atoms with Crippen molar-refractivity contribution in [3.63, 3.8) is 0 Å². The Kier molecular flexibility index (Phi) is 4.04. The van der Waals surface area contributed by atoms with Gasteiger partial charge in [-0.05, 0) is 31.9 Å². The minimum Gasteiger partial charge on any atom is -0.335 e. The number of hydrogen-bond acceptors (Lipinski definition) is 2. The largest absolute Gasteiger partial charge is 0.335 e. The maximum Gasteiger partial charge on any atom is 0.319 e. The second-order valence-corrected chi connectivity index (χ2v) is 5.76. The Morgan fingerprint density at radius 1 is 1.14 bits per heavy atom. The molecule has 1 aromatic carbocycles. The highest BCUT2D eigenvalue weighted by Gasteiger charge is 2.16. The van der Waals surface area contributed by atoms with Gasteiger partial charge in [0, 0.05) is 17.1 Å². The number of hydrogen-bond donors (Lipinski definition) is 2. The lowest BCUT2D eigenvalue weighted by Crippen LogP contribution is -2.39. The first kappa shape index (κ1) is 13.9. The zero-order chi connectivity index (χ0) is 14.7. The third-order valence-corrected chi connectivity index (χ3v) is 4.05. The van der Waals surface area contributed by atoms with Crippen LogP contribution in [0.2, 0.25) is 0 Å². The molecule has 2 aromatic rings. The molecular formula is C17H21N3O. The van der Waals surface area contributed by atoms with E-state index >= 15 is 0 Å². The van der Waals surface area contributed by atoms with Gasteiger partial charge in [-0.25, -0.2) is 4.79 Å². The van der Waals surface area contributed by atoms with E-state index in [-0.39, 0.29) is 6.03 Å². The average Bonchev–Trinajstić information content (AvgIpc) is 2.49. The summed E-state index contributed by atoms with van der Waals surface area (Å²) < 4.78 is 0. The summed E-state index contributed by atoms with van der Waals surface area (Å²) in [5.41, 5.74) is 2.56. The molecular weight excluding hydrogens is 262 g/mol. The predicted octanol–water partition coefficient (Wildman–Crippen LogP) is 4.00. The molecule has 3 rings (SSSR count). The zero-order valence-corrected chi connectivity index (χ0v) is 12.4. The maximum absolute atomic E-state index is 12.2. The van der Waals surface area contributed by atoms with Crippen molar-refractivity contribution in [3.8, 4) is 0 Å². The molecule has 4 nitrogen and oxygen atoms in total. The summed E-state index contributed by atoms with van der Waals surface area (Å²) >= 11 is 0. The molecule has 0 saturated heterocycles. The fourth-order valence-corrected chi connectivity index (χ4v) is 2.94. The summed E-state index contributed by atoms with van der Waals surface area (Å²) in [7, 11) is 0. The van der Waals surface area contributed by atoms with E-state index in [9.17, 15) is 4.79 Å². The van der Waals surface area contributed by atoms with E-state index in [1.54, 1.807) is 0 Å². The first-order valence-corrected chi connectivity index (χ1v) is 7.66. The fraction of sp³-hybridized carbons (Fsp3) is 0.412. The second-order valence-electron chi connectivity index (χ2n) is 5.76. The van der Waals surface area contributed by atoms with Crippen LogP contribution in [-0.4, -0.2) is 17.1 Å². The Morgan fingerprint density at radius 2 is 1.95 bits per heavy atom. The lowest BCUT2D eigenvalue weighted by Gasteiger charge is -2.23. The number of para-hydroxylation sites is 1. The Hall–Kier alpha value is -2.10. The number of anilines is 1. The Labute approximate surface area is 125 Å². The van der Waals surface area contributed by atoms with Crippen LogP contribution in [0, 0.1) is 6.92 Å². The van der Waals surface area contributed by atoms with Gasteiger partial charge in [0.25, 0.3) is 0 Å². The predicted molar refractivity (Wildman–Crippen MR) is 85.5 cm³/mol. The quantitative estimate of drug-likeness (QED) is 0.875. The van der Waals surface area contributed by atoms with Crippen molar-refractivity contribution in [3.05, 3.63) is 36.0 Å². The summed E-state index contributed by atoms with van der Waals surface area (Å²) in [4.78, 5) is 16.7. The van der Waals surface area contributed by atoms with E-state index in [1.165, 1.54) is 19.3 Å². The van der Waals surface area contributed by atoms with Crippen LogP contribution in [0.3, 0.4) is 0 Å². The average molecular weight is 283 g/mol. The molecule has 0 atom stereocenters. The minimum absolute atomic E-state index is 0.127. The van der Waals surface area contributed by atoms with Crippen LogP contribution < -0.4 is 10.6 Å². The molecule has 0 unspecified atom stereocenters. The molecule has 0 bridgehead atoms. The molecule has 4 heteroatoms. The zero-order valence-electron chi connectivity index (χ0n) is 12.4. The molecule has 1 aromatic heterocycles. The number of aryl methyl sites for hydroxylation is 1. The Bertz CT molecular complexity index is 648. The molecule has 2 amide bonds. The number of nitrogens with one attached hydrogen (secondary N) is 2. The SMILES string of the molecule is Cc1ccc2cccc(NC(=O)NC3CCCCC3)c2n1. The normalized spacial score (nSPS) is 15.9. The van der Waals surface area contributed by atoms with Gasteiger partial charge >= 0.3 is 6.03 Å². The van der Waals surface area contributed by atoms with E-state index in [4.69, 9.17) is 0 Å². The maximum atomic E-state index is 12.2. The first-order valence-electron chi connectivity index (χ1n) is 7.66. The van der Waals surface area contributed by atoms with Gasteiger partial charge in [-0.3, -0.25) is 4.98 Å². The molecule has 0 spiro atoms. The van der Waals surface area contributed by atoms with Crippen LogP contribution in [0.4, 0.5) is 10.5 Å². The highest BCUT2D eigenvalue weighted by Crippen LogP contribution is 2.22. The van der Waals surface area contributed by atoms with Gasteiger partial charge in [-0.15, -0.1) is 0 Å². The van der Waals surface area contributed by atoms with Crippen LogP contribution in [0.1, 0.15) is 37.8 Å². The summed E-state index contributed by atoms with van der Waals surface area (Å²) in [5.74, 6) is 0. The number of fused-ring (bicyclic) bond motifs is 1. The van der Waals surface area contributed by atoms with Crippen LogP contribution in [-0.2, 0) is 0 Å². The molecule has 0 aliphatic heterocycles. The number of amides is 2. The first-order chi connectivity index (χ1) is 10.2. The molecule has 0 radical (unpaired) electrons. The number of nitrogens with zero attached hydrogens (tertiary/aromatic N) is 1. The molecule has 1 aliphatic rings. The van der Waals surface area contributed by atoms with Crippen molar-refractivity contribution >= 4 is 22.6 Å². The summed E-state index contributed by atoms with van der Waals surface area (Å²) in [6.45, 7) is 1.96. The van der Waals surface area contributed by atoms with E-state index < -0.39 is 0 Å². The molecule has 1 heterocycles. The molecule has 21 heavy (non-hydrogen) atoms.